The van der Waals surface area contributed by atoms with Crippen molar-refractivity contribution in [3.05, 3.63) is 29.8 Å². The first-order valence-electron chi connectivity index (χ1n) is 6.64. The van der Waals surface area contributed by atoms with Crippen LogP contribution in [0.3, 0.4) is 0 Å². The largest absolute Gasteiger partial charge is 0.352 e. The number of nitrogens with zero attached hydrogens (tertiary/aromatic N) is 1. The molecule has 0 radical (unpaired) electrons. The smallest absolute Gasteiger partial charge is 0.252 e. The minimum atomic E-state index is -0.555. The Kier molecular flexibility index (Phi) is 3.02. The molecule has 1 aromatic heterocycles. The van der Waals surface area contributed by atoms with Crippen molar-refractivity contribution in [3.63, 3.8) is 0 Å². The van der Waals surface area contributed by atoms with E-state index in [9.17, 15) is 9.18 Å². The van der Waals surface area contributed by atoms with Gasteiger partial charge in [0, 0.05) is 12.7 Å². The zero-order chi connectivity index (χ0) is 12.5. The fourth-order valence-electron chi connectivity index (χ4n) is 2.59. The van der Waals surface area contributed by atoms with Crippen LogP contribution < -0.4 is 5.32 Å². The Morgan fingerprint density at radius 3 is 2.50 bits per heavy atom. The van der Waals surface area contributed by atoms with E-state index in [-0.39, 0.29) is 5.91 Å². The molecule has 2 aliphatic carbocycles. The second-order valence-corrected chi connectivity index (χ2v) is 5.42. The summed E-state index contributed by atoms with van der Waals surface area (Å²) in [5.74, 6) is 1.60. The average molecular weight is 248 g/mol. The van der Waals surface area contributed by atoms with Crippen LogP contribution >= 0.6 is 0 Å². The lowest BCUT2D eigenvalue weighted by Crippen LogP contribution is -2.31. The highest BCUT2D eigenvalue weighted by molar-refractivity contribution is 5.93. The molecule has 0 aromatic carbocycles. The van der Waals surface area contributed by atoms with Crippen LogP contribution in [-0.2, 0) is 0 Å². The predicted octanol–water partition coefficient (Wildman–Crippen LogP) is 2.39. The molecular weight excluding hydrogens is 231 g/mol. The minimum Gasteiger partial charge on any atom is -0.352 e. The molecule has 2 saturated carbocycles. The third-order valence-corrected chi connectivity index (χ3v) is 3.94. The molecule has 0 bridgehead atoms. The molecule has 1 heterocycles. The number of rotatable bonds is 5. The molecule has 3 nitrogen and oxygen atoms in total. The van der Waals surface area contributed by atoms with Gasteiger partial charge in [-0.3, -0.25) is 4.79 Å². The molecule has 2 aliphatic rings. The van der Waals surface area contributed by atoms with Gasteiger partial charge >= 0.3 is 0 Å². The van der Waals surface area contributed by atoms with Crippen molar-refractivity contribution in [3.8, 4) is 0 Å². The summed E-state index contributed by atoms with van der Waals surface area (Å²) in [6.45, 7) is 0.755. The van der Waals surface area contributed by atoms with Crippen molar-refractivity contribution in [2.24, 2.45) is 17.8 Å². The molecule has 1 N–H and O–H groups in total. The van der Waals surface area contributed by atoms with Crippen molar-refractivity contribution in [2.75, 3.05) is 6.54 Å². The van der Waals surface area contributed by atoms with Gasteiger partial charge in [0.15, 0.2) is 0 Å². The molecule has 0 unspecified atom stereocenters. The summed E-state index contributed by atoms with van der Waals surface area (Å²) in [6.07, 6.45) is 6.54. The normalized spacial score (nSPS) is 19.0. The van der Waals surface area contributed by atoms with E-state index in [2.05, 4.69) is 10.3 Å². The van der Waals surface area contributed by atoms with Crippen molar-refractivity contribution >= 4 is 5.91 Å². The van der Waals surface area contributed by atoms with E-state index >= 15 is 0 Å². The number of carbonyl (C=O) groups is 1. The molecule has 0 atom stereocenters. The van der Waals surface area contributed by atoms with E-state index in [4.69, 9.17) is 0 Å². The second kappa shape index (κ2) is 4.67. The van der Waals surface area contributed by atoms with E-state index in [1.165, 1.54) is 44.0 Å². The molecule has 0 spiro atoms. The number of halogens is 1. The van der Waals surface area contributed by atoms with E-state index in [0.29, 0.717) is 11.5 Å². The number of carbonyl (C=O) groups excluding carboxylic acids is 1. The topological polar surface area (TPSA) is 42.0 Å². The van der Waals surface area contributed by atoms with E-state index in [0.717, 1.165) is 18.4 Å². The van der Waals surface area contributed by atoms with Crippen LogP contribution in [0.4, 0.5) is 4.39 Å². The zero-order valence-electron chi connectivity index (χ0n) is 10.2. The van der Waals surface area contributed by atoms with Crippen molar-refractivity contribution < 1.29 is 9.18 Å². The first kappa shape index (κ1) is 11.6. The van der Waals surface area contributed by atoms with Crippen molar-refractivity contribution in [2.45, 2.75) is 25.7 Å². The molecule has 0 aliphatic heterocycles. The van der Waals surface area contributed by atoms with Crippen LogP contribution in [-0.4, -0.2) is 17.4 Å². The highest BCUT2D eigenvalue weighted by atomic mass is 19.1. The van der Waals surface area contributed by atoms with E-state index in [1.807, 2.05) is 0 Å². The van der Waals surface area contributed by atoms with Gasteiger partial charge in [0.2, 0.25) is 5.95 Å². The highest BCUT2D eigenvalue weighted by Crippen LogP contribution is 2.48. The lowest BCUT2D eigenvalue weighted by molar-refractivity contribution is 0.0943. The minimum absolute atomic E-state index is 0.145. The SMILES string of the molecule is O=C(NCC(C1CC1)C1CC1)c1ccc(F)nc1. The van der Waals surface area contributed by atoms with Gasteiger partial charge in [0.1, 0.15) is 0 Å². The first-order chi connectivity index (χ1) is 8.74. The maximum absolute atomic E-state index is 12.6. The molecule has 0 saturated heterocycles. The lowest BCUT2D eigenvalue weighted by atomic mass is 9.98. The number of amides is 1. The molecular formula is C14H17FN2O. The third-order valence-electron chi connectivity index (χ3n) is 3.94. The Labute approximate surface area is 106 Å². The summed E-state index contributed by atoms with van der Waals surface area (Å²) < 4.78 is 12.6. The quantitative estimate of drug-likeness (QED) is 0.813. The number of nitrogens with one attached hydrogen (secondary N) is 1. The molecule has 1 amide bonds. The van der Waals surface area contributed by atoms with Crippen LogP contribution in [0.15, 0.2) is 18.3 Å². The molecule has 4 heteroatoms. The number of aromatic nitrogens is 1. The van der Waals surface area contributed by atoms with Gasteiger partial charge in [-0.2, -0.15) is 4.39 Å². The monoisotopic (exact) mass is 248 g/mol. The summed E-state index contributed by atoms with van der Waals surface area (Å²) in [5, 5.41) is 2.96. The Hall–Kier alpha value is -1.45. The van der Waals surface area contributed by atoms with Crippen molar-refractivity contribution in [1.82, 2.24) is 10.3 Å². The van der Waals surface area contributed by atoms with Crippen LogP contribution in [0.1, 0.15) is 36.0 Å². The number of hydrogen-bond donors (Lipinski definition) is 1. The van der Waals surface area contributed by atoms with Crippen LogP contribution in [0.2, 0.25) is 0 Å². The van der Waals surface area contributed by atoms with Crippen molar-refractivity contribution in [1.29, 1.82) is 0 Å². The standard InChI is InChI=1S/C14H17FN2O/c15-13-6-5-11(7-16-13)14(18)17-8-12(9-1-2-9)10-3-4-10/h5-7,9-10,12H,1-4,8H2,(H,17,18). The molecule has 18 heavy (non-hydrogen) atoms. The highest BCUT2D eigenvalue weighted by Gasteiger charge is 2.41. The summed E-state index contributed by atoms with van der Waals surface area (Å²) in [4.78, 5) is 15.4. The summed E-state index contributed by atoms with van der Waals surface area (Å²) in [5.41, 5.74) is 0.432. The maximum atomic E-state index is 12.6. The predicted molar refractivity (Wildman–Crippen MR) is 65.5 cm³/mol. The lowest BCUT2D eigenvalue weighted by Gasteiger charge is -2.16. The zero-order valence-corrected chi connectivity index (χ0v) is 10.2. The molecule has 96 valence electrons. The Bertz CT molecular complexity index is 426. The Morgan fingerprint density at radius 1 is 1.33 bits per heavy atom. The summed E-state index contributed by atoms with van der Waals surface area (Å²) in [7, 11) is 0. The van der Waals surface area contributed by atoms with Gasteiger partial charge in [0.25, 0.3) is 5.91 Å². The Morgan fingerprint density at radius 2 is 2.00 bits per heavy atom. The summed E-state index contributed by atoms with van der Waals surface area (Å²) in [6, 6.07) is 2.69. The third kappa shape index (κ3) is 2.68. The van der Waals surface area contributed by atoms with Gasteiger partial charge in [-0.05, 0) is 55.6 Å². The fourth-order valence-corrected chi connectivity index (χ4v) is 2.59. The number of hydrogen-bond acceptors (Lipinski definition) is 2. The Balaban J connectivity index is 1.55. The van der Waals surface area contributed by atoms with Crippen LogP contribution in [0.25, 0.3) is 0 Å². The maximum Gasteiger partial charge on any atom is 0.252 e. The number of pyridine rings is 1. The summed E-state index contributed by atoms with van der Waals surface area (Å²) >= 11 is 0. The van der Waals surface area contributed by atoms with Gasteiger partial charge in [-0.1, -0.05) is 0 Å². The second-order valence-electron chi connectivity index (χ2n) is 5.42. The molecule has 2 fully saturated rings. The first-order valence-corrected chi connectivity index (χ1v) is 6.64. The van der Waals surface area contributed by atoms with Gasteiger partial charge in [-0.15, -0.1) is 0 Å². The van der Waals surface area contributed by atoms with Gasteiger partial charge in [0.05, 0.1) is 5.56 Å². The van der Waals surface area contributed by atoms with Crippen LogP contribution in [0, 0.1) is 23.7 Å². The van der Waals surface area contributed by atoms with E-state index in [1.54, 1.807) is 0 Å². The van der Waals surface area contributed by atoms with Gasteiger partial charge in [-0.25, -0.2) is 4.98 Å². The van der Waals surface area contributed by atoms with E-state index < -0.39 is 5.95 Å². The molecule has 3 rings (SSSR count). The molecule has 1 aromatic rings. The fraction of sp³-hybridized carbons (Fsp3) is 0.571. The van der Waals surface area contributed by atoms with Gasteiger partial charge < -0.3 is 5.32 Å². The average Bonchev–Trinajstić information content (AvgIpc) is 3.24. The van der Waals surface area contributed by atoms with Crippen LogP contribution in [0.5, 0.6) is 0 Å².